The van der Waals surface area contributed by atoms with Crippen LogP contribution >= 0.6 is 0 Å². The number of aliphatic hydroxyl groups excluding tert-OH is 2. The van der Waals surface area contributed by atoms with Gasteiger partial charge >= 0.3 is 0 Å². The molecule has 5 rings (SSSR count). The summed E-state index contributed by atoms with van der Waals surface area (Å²) in [6.45, 7) is 1.32. The van der Waals surface area contributed by atoms with Crippen LogP contribution in [0.5, 0.6) is 0 Å². The second-order valence-corrected chi connectivity index (χ2v) is 9.78. The minimum absolute atomic E-state index is 0.130. The van der Waals surface area contributed by atoms with Crippen LogP contribution in [0.25, 0.3) is 44.3 Å². The van der Waals surface area contributed by atoms with Gasteiger partial charge in [0, 0.05) is 24.0 Å². The molecule has 5 nitrogen and oxygen atoms in total. The molecule has 0 aliphatic carbocycles. The third kappa shape index (κ3) is 5.60. The lowest BCUT2D eigenvalue weighted by Crippen LogP contribution is -2.21. The fourth-order valence-corrected chi connectivity index (χ4v) is 4.74. The molecule has 4 aromatic carbocycles. The molecule has 0 spiro atoms. The molecule has 0 atom stereocenters. The lowest BCUT2D eigenvalue weighted by Gasteiger charge is -2.17. The van der Waals surface area contributed by atoms with Gasteiger partial charge in [-0.15, -0.1) is 0 Å². The third-order valence-electron chi connectivity index (χ3n) is 6.79. The van der Waals surface area contributed by atoms with Crippen molar-refractivity contribution < 1.29 is 10.2 Å². The summed E-state index contributed by atoms with van der Waals surface area (Å²) in [5.74, 6) is 0.768. The van der Waals surface area contributed by atoms with Crippen molar-refractivity contribution in [3.8, 4) is 33.5 Å². The van der Waals surface area contributed by atoms with Gasteiger partial charge in [-0.1, -0.05) is 60.7 Å². The Balaban J connectivity index is 1.70. The number of aromatic nitrogens is 1. The second-order valence-electron chi connectivity index (χ2n) is 9.78. The third-order valence-corrected chi connectivity index (χ3v) is 6.79. The summed E-state index contributed by atoms with van der Waals surface area (Å²) in [6.07, 6.45) is 0. The Hall–Kier alpha value is -4.03. The molecule has 0 saturated heterocycles. The van der Waals surface area contributed by atoms with Crippen LogP contribution in [0.1, 0.15) is 11.1 Å². The van der Waals surface area contributed by atoms with E-state index in [-0.39, 0.29) is 13.2 Å². The average Bonchev–Trinajstić information content (AvgIpc) is 2.96. The molecule has 3 N–H and O–H groups in total. The summed E-state index contributed by atoms with van der Waals surface area (Å²) < 4.78 is 0. The Labute approximate surface area is 224 Å². The van der Waals surface area contributed by atoms with Crippen molar-refractivity contribution >= 4 is 16.6 Å². The molecule has 5 aromatic rings. The highest BCUT2D eigenvalue weighted by Crippen LogP contribution is 2.35. The first-order valence-electron chi connectivity index (χ1n) is 12.9. The number of pyridine rings is 1. The van der Waals surface area contributed by atoms with Gasteiger partial charge < -0.3 is 20.4 Å². The predicted octanol–water partition coefficient (Wildman–Crippen LogP) is 6.19. The highest BCUT2D eigenvalue weighted by atomic mass is 16.3. The van der Waals surface area contributed by atoms with Gasteiger partial charge in [-0.25, -0.2) is 4.98 Å². The normalized spacial score (nSPS) is 11.3. The Morgan fingerprint density at radius 1 is 0.658 bits per heavy atom. The van der Waals surface area contributed by atoms with Crippen molar-refractivity contribution in [3.05, 3.63) is 108 Å². The van der Waals surface area contributed by atoms with E-state index in [1.165, 1.54) is 0 Å². The fraction of sp³-hybridized carbons (Fsp3) is 0.182. The van der Waals surface area contributed by atoms with Gasteiger partial charge in [0.1, 0.15) is 5.82 Å². The van der Waals surface area contributed by atoms with Crippen LogP contribution in [-0.4, -0.2) is 47.3 Å². The number of rotatable bonds is 9. The van der Waals surface area contributed by atoms with E-state index in [9.17, 15) is 10.2 Å². The van der Waals surface area contributed by atoms with E-state index in [2.05, 4.69) is 83.0 Å². The maximum Gasteiger partial charge on any atom is 0.134 e. The number of benzene rings is 4. The first kappa shape index (κ1) is 25.6. The zero-order chi connectivity index (χ0) is 26.5. The van der Waals surface area contributed by atoms with Crippen molar-refractivity contribution in [2.45, 2.75) is 13.2 Å². The number of fused-ring (bicyclic) bond motifs is 1. The first-order valence-corrected chi connectivity index (χ1v) is 12.9. The SMILES string of the molecule is CN(C)CCNc1nc(-c2cc(-c3ccccc3)cc(-c3ccccc3)c2)cc2cc(CO)c(CO)cc12. The summed E-state index contributed by atoms with van der Waals surface area (Å²) in [7, 11) is 4.09. The maximum absolute atomic E-state index is 9.94. The molecular weight excluding hydrogens is 470 g/mol. The van der Waals surface area contributed by atoms with Crippen molar-refractivity contribution in [1.82, 2.24) is 9.88 Å². The number of aliphatic hydroxyl groups is 2. The average molecular weight is 504 g/mol. The molecule has 0 radical (unpaired) electrons. The van der Waals surface area contributed by atoms with Crippen molar-refractivity contribution in [1.29, 1.82) is 0 Å². The molecule has 0 saturated carbocycles. The number of likely N-dealkylation sites (N-methyl/N-ethyl adjacent to an activating group) is 1. The first-order chi connectivity index (χ1) is 18.6. The van der Waals surface area contributed by atoms with E-state index in [0.29, 0.717) is 5.56 Å². The molecule has 5 heteroatoms. The van der Waals surface area contributed by atoms with Crippen LogP contribution < -0.4 is 5.32 Å². The van der Waals surface area contributed by atoms with Crippen LogP contribution in [0.4, 0.5) is 5.82 Å². The Morgan fingerprint density at radius 2 is 1.21 bits per heavy atom. The van der Waals surface area contributed by atoms with Gasteiger partial charge in [-0.3, -0.25) is 0 Å². The van der Waals surface area contributed by atoms with E-state index in [4.69, 9.17) is 4.98 Å². The minimum Gasteiger partial charge on any atom is -0.392 e. The molecule has 0 aliphatic rings. The molecule has 1 heterocycles. The quantitative estimate of drug-likeness (QED) is 0.224. The predicted molar refractivity (Wildman–Crippen MR) is 157 cm³/mol. The number of anilines is 1. The van der Waals surface area contributed by atoms with Crippen LogP contribution in [0, 0.1) is 0 Å². The fourth-order valence-electron chi connectivity index (χ4n) is 4.74. The number of hydrogen-bond donors (Lipinski definition) is 3. The van der Waals surface area contributed by atoms with Gasteiger partial charge in [0.15, 0.2) is 0 Å². The molecule has 0 unspecified atom stereocenters. The summed E-state index contributed by atoms with van der Waals surface area (Å²) in [5.41, 5.74) is 7.83. The molecule has 192 valence electrons. The van der Waals surface area contributed by atoms with E-state index >= 15 is 0 Å². The van der Waals surface area contributed by atoms with Gasteiger partial charge in [0.05, 0.1) is 18.9 Å². The smallest absolute Gasteiger partial charge is 0.134 e. The molecule has 1 aromatic heterocycles. The molecule has 38 heavy (non-hydrogen) atoms. The Morgan fingerprint density at radius 3 is 1.76 bits per heavy atom. The number of nitrogens with one attached hydrogen (secondary N) is 1. The van der Waals surface area contributed by atoms with Gasteiger partial charge in [0.2, 0.25) is 0 Å². The zero-order valence-corrected chi connectivity index (χ0v) is 21.9. The van der Waals surface area contributed by atoms with Crippen molar-refractivity contribution in [3.63, 3.8) is 0 Å². The second kappa shape index (κ2) is 11.6. The standard InChI is InChI=1S/C33H33N3O2/c1-36(2)14-13-34-33-31-19-30(22-38)29(21-37)18-27(31)20-32(35-33)28-16-25(23-9-5-3-6-10-23)15-26(17-28)24-11-7-4-8-12-24/h3-12,15-20,37-38H,13-14,21-22H2,1-2H3,(H,34,35). The van der Waals surface area contributed by atoms with E-state index < -0.39 is 0 Å². The van der Waals surface area contributed by atoms with Gasteiger partial charge in [-0.2, -0.15) is 0 Å². The topological polar surface area (TPSA) is 68.6 Å². The molecule has 0 amide bonds. The van der Waals surface area contributed by atoms with Crippen LogP contribution in [0.2, 0.25) is 0 Å². The summed E-state index contributed by atoms with van der Waals surface area (Å²) in [5, 5.41) is 25.3. The van der Waals surface area contributed by atoms with E-state index in [1.54, 1.807) is 0 Å². The van der Waals surface area contributed by atoms with Crippen LogP contribution in [-0.2, 0) is 13.2 Å². The van der Waals surface area contributed by atoms with Gasteiger partial charge in [-0.05, 0) is 89.3 Å². The summed E-state index contributed by atoms with van der Waals surface area (Å²) in [6, 6.07) is 33.4. The lowest BCUT2D eigenvalue weighted by molar-refractivity contribution is 0.260. The number of hydrogen-bond acceptors (Lipinski definition) is 5. The highest BCUT2D eigenvalue weighted by molar-refractivity contribution is 5.96. The molecular formula is C33H33N3O2. The highest BCUT2D eigenvalue weighted by Gasteiger charge is 2.14. The van der Waals surface area contributed by atoms with E-state index in [0.717, 1.165) is 68.8 Å². The Kier molecular flexibility index (Phi) is 7.80. The zero-order valence-electron chi connectivity index (χ0n) is 21.9. The van der Waals surface area contributed by atoms with Crippen molar-refractivity contribution in [2.24, 2.45) is 0 Å². The van der Waals surface area contributed by atoms with Crippen LogP contribution in [0.3, 0.4) is 0 Å². The minimum atomic E-state index is -0.135. The van der Waals surface area contributed by atoms with Crippen molar-refractivity contribution in [2.75, 3.05) is 32.5 Å². The monoisotopic (exact) mass is 503 g/mol. The molecule has 0 bridgehead atoms. The lowest BCUT2D eigenvalue weighted by atomic mass is 9.94. The van der Waals surface area contributed by atoms with Gasteiger partial charge in [0.25, 0.3) is 0 Å². The number of nitrogens with zero attached hydrogens (tertiary/aromatic N) is 2. The molecule has 0 fully saturated rings. The maximum atomic E-state index is 9.94. The van der Waals surface area contributed by atoms with Crippen LogP contribution in [0.15, 0.2) is 97.1 Å². The largest absolute Gasteiger partial charge is 0.392 e. The van der Waals surface area contributed by atoms with E-state index in [1.807, 2.05) is 38.4 Å². The summed E-state index contributed by atoms with van der Waals surface area (Å²) >= 11 is 0. The Bertz CT molecular complexity index is 1480. The summed E-state index contributed by atoms with van der Waals surface area (Å²) in [4.78, 5) is 7.22. The molecule has 0 aliphatic heterocycles.